The molecule has 4 rings (SSSR count). The summed E-state index contributed by atoms with van der Waals surface area (Å²) in [6.07, 6.45) is 1.79. The number of rotatable bonds is 4. The lowest BCUT2D eigenvalue weighted by Crippen LogP contribution is -2.57. The molecule has 9 heteroatoms. The van der Waals surface area contributed by atoms with Gasteiger partial charge in [0, 0.05) is 32.2 Å². The Morgan fingerprint density at radius 3 is 2.65 bits per heavy atom. The molecule has 2 unspecified atom stereocenters. The summed E-state index contributed by atoms with van der Waals surface area (Å²) in [6.45, 7) is -0.480. The highest BCUT2D eigenvalue weighted by Crippen LogP contribution is 2.35. The maximum Gasteiger partial charge on any atom is 0.387 e. The van der Waals surface area contributed by atoms with E-state index >= 15 is 0 Å². The van der Waals surface area contributed by atoms with Crippen molar-refractivity contribution >= 4 is 29.1 Å². The number of hydrogen-bond acceptors (Lipinski definition) is 3. The molecule has 0 aliphatic carbocycles. The van der Waals surface area contributed by atoms with E-state index in [0.29, 0.717) is 19.6 Å². The first-order valence-electron chi connectivity index (χ1n) is 10.0. The van der Waals surface area contributed by atoms with Gasteiger partial charge in [-0.1, -0.05) is 35.3 Å². The van der Waals surface area contributed by atoms with Crippen LogP contribution in [0.25, 0.3) is 0 Å². The highest BCUT2D eigenvalue weighted by Gasteiger charge is 2.35. The number of fused-ring (bicyclic) bond motifs is 1. The molecule has 31 heavy (non-hydrogen) atoms. The zero-order valence-corrected chi connectivity index (χ0v) is 18.1. The molecule has 0 aromatic heterocycles. The highest BCUT2D eigenvalue weighted by molar-refractivity contribution is 6.35. The van der Waals surface area contributed by atoms with E-state index in [-0.39, 0.29) is 39.2 Å². The topological polar surface area (TPSA) is 32.8 Å². The van der Waals surface area contributed by atoms with Gasteiger partial charge in [-0.3, -0.25) is 9.69 Å². The van der Waals surface area contributed by atoms with E-state index in [2.05, 4.69) is 9.64 Å². The second kappa shape index (κ2) is 9.27. The number of benzene rings is 2. The monoisotopic (exact) mass is 472 g/mol. The smallest absolute Gasteiger partial charge is 0.387 e. The van der Waals surface area contributed by atoms with Crippen LogP contribution in [-0.4, -0.2) is 54.5 Å². The van der Waals surface area contributed by atoms with Crippen LogP contribution in [0.5, 0.6) is 5.75 Å². The maximum absolute atomic E-state index is 13.5. The fourth-order valence-corrected chi connectivity index (χ4v) is 4.87. The van der Waals surface area contributed by atoms with Crippen LogP contribution >= 0.6 is 23.2 Å². The second-order valence-electron chi connectivity index (χ2n) is 7.84. The van der Waals surface area contributed by atoms with Crippen molar-refractivity contribution in [2.24, 2.45) is 0 Å². The lowest BCUT2D eigenvalue weighted by Gasteiger charge is -2.46. The molecular weight excluding hydrogens is 452 g/mol. The van der Waals surface area contributed by atoms with E-state index in [1.165, 1.54) is 24.3 Å². The maximum atomic E-state index is 13.5. The SMILES string of the molecule is O=C(c1cccc(OC(F)F)c1Cl)N1CCN2CC(c3ccc(F)c(Cl)c3)CCC2C1. The summed E-state index contributed by atoms with van der Waals surface area (Å²) in [5, 5.41) is 0.0251. The lowest BCUT2D eigenvalue weighted by molar-refractivity contribution is -0.0498. The Balaban J connectivity index is 1.42. The summed E-state index contributed by atoms with van der Waals surface area (Å²) in [4.78, 5) is 17.1. The molecule has 4 nitrogen and oxygen atoms in total. The van der Waals surface area contributed by atoms with Gasteiger partial charge < -0.3 is 9.64 Å². The number of alkyl halides is 2. The molecule has 2 aliphatic heterocycles. The minimum Gasteiger partial charge on any atom is -0.433 e. The fourth-order valence-electron chi connectivity index (χ4n) is 4.43. The number of amides is 1. The average molecular weight is 473 g/mol. The first kappa shape index (κ1) is 22.2. The summed E-state index contributed by atoms with van der Waals surface area (Å²) in [7, 11) is 0. The van der Waals surface area contributed by atoms with E-state index in [4.69, 9.17) is 23.2 Å². The molecule has 2 fully saturated rings. The first-order chi connectivity index (χ1) is 14.8. The van der Waals surface area contributed by atoms with Crippen LogP contribution in [0.4, 0.5) is 13.2 Å². The molecule has 2 aromatic carbocycles. The fraction of sp³-hybridized carbons (Fsp3) is 0.409. The van der Waals surface area contributed by atoms with Gasteiger partial charge in [-0.15, -0.1) is 0 Å². The van der Waals surface area contributed by atoms with Crippen molar-refractivity contribution in [3.8, 4) is 5.75 Å². The molecule has 0 radical (unpaired) electrons. The second-order valence-corrected chi connectivity index (χ2v) is 8.63. The Labute approximate surface area is 188 Å². The van der Waals surface area contributed by atoms with Crippen LogP contribution in [0.15, 0.2) is 36.4 Å². The molecule has 2 saturated heterocycles. The van der Waals surface area contributed by atoms with Crippen molar-refractivity contribution in [3.63, 3.8) is 0 Å². The Morgan fingerprint density at radius 1 is 1.10 bits per heavy atom. The van der Waals surface area contributed by atoms with Gasteiger partial charge >= 0.3 is 6.61 Å². The molecule has 166 valence electrons. The molecule has 2 heterocycles. The number of piperidine rings is 1. The average Bonchev–Trinajstić information content (AvgIpc) is 2.75. The van der Waals surface area contributed by atoms with Gasteiger partial charge in [-0.2, -0.15) is 8.78 Å². The Hall–Kier alpha value is -1.96. The van der Waals surface area contributed by atoms with Crippen LogP contribution in [-0.2, 0) is 0 Å². The lowest BCUT2D eigenvalue weighted by atomic mass is 9.86. The van der Waals surface area contributed by atoms with Gasteiger partial charge in [-0.05, 0) is 48.6 Å². The third-order valence-corrected chi connectivity index (χ3v) is 6.70. The van der Waals surface area contributed by atoms with E-state index in [9.17, 15) is 18.0 Å². The summed E-state index contributed by atoms with van der Waals surface area (Å²) in [6, 6.07) is 9.38. The minimum absolute atomic E-state index is 0.105. The van der Waals surface area contributed by atoms with E-state index in [1.807, 2.05) is 0 Å². The largest absolute Gasteiger partial charge is 0.433 e. The summed E-state index contributed by atoms with van der Waals surface area (Å²) >= 11 is 12.1. The molecule has 0 spiro atoms. The highest BCUT2D eigenvalue weighted by atomic mass is 35.5. The minimum atomic E-state index is -3.02. The van der Waals surface area contributed by atoms with Crippen molar-refractivity contribution in [3.05, 3.63) is 63.4 Å². The van der Waals surface area contributed by atoms with Crippen LogP contribution < -0.4 is 4.74 Å². The molecule has 2 aromatic rings. The predicted molar refractivity (Wildman–Crippen MR) is 113 cm³/mol. The number of piperazine rings is 1. The molecule has 0 saturated carbocycles. The van der Waals surface area contributed by atoms with Crippen molar-refractivity contribution in [2.45, 2.75) is 31.4 Å². The zero-order chi connectivity index (χ0) is 22.1. The van der Waals surface area contributed by atoms with Gasteiger partial charge in [0.1, 0.15) is 11.6 Å². The Bertz CT molecular complexity index is 976. The Kier molecular flexibility index (Phi) is 6.65. The standard InChI is InChI=1S/C22H21Cl2F3N2O2/c23-17-10-13(5-7-18(17)25)14-4-6-15-12-29(9-8-28(15)11-14)21(30)16-2-1-3-19(20(16)24)31-22(26)27/h1-3,5,7,10,14-15,22H,4,6,8-9,11-12H2. The van der Waals surface area contributed by atoms with Crippen molar-refractivity contribution in [2.75, 3.05) is 26.2 Å². The molecule has 2 atom stereocenters. The zero-order valence-electron chi connectivity index (χ0n) is 16.5. The number of nitrogens with zero attached hydrogens (tertiary/aromatic N) is 2. The molecule has 1 amide bonds. The third kappa shape index (κ3) is 4.78. The quantitative estimate of drug-likeness (QED) is 0.593. The first-order valence-corrected chi connectivity index (χ1v) is 10.8. The number of carbonyl (C=O) groups is 1. The van der Waals surface area contributed by atoms with Crippen LogP contribution in [0.1, 0.15) is 34.7 Å². The van der Waals surface area contributed by atoms with Gasteiger partial charge in [0.15, 0.2) is 0 Å². The summed E-state index contributed by atoms with van der Waals surface area (Å²) in [5.41, 5.74) is 1.17. The van der Waals surface area contributed by atoms with E-state index in [1.54, 1.807) is 17.0 Å². The number of carbonyl (C=O) groups excluding carboxylic acids is 1. The van der Waals surface area contributed by atoms with Gasteiger partial charge in [0.25, 0.3) is 5.91 Å². The van der Waals surface area contributed by atoms with Crippen LogP contribution in [0.2, 0.25) is 10.0 Å². The Morgan fingerprint density at radius 2 is 1.90 bits per heavy atom. The van der Waals surface area contributed by atoms with Crippen LogP contribution in [0.3, 0.4) is 0 Å². The van der Waals surface area contributed by atoms with Gasteiger partial charge in [0.2, 0.25) is 0 Å². The van der Waals surface area contributed by atoms with Crippen molar-refractivity contribution in [1.29, 1.82) is 0 Å². The number of ether oxygens (including phenoxy) is 1. The number of halogens is 5. The van der Waals surface area contributed by atoms with E-state index in [0.717, 1.165) is 24.9 Å². The van der Waals surface area contributed by atoms with Crippen LogP contribution in [0, 0.1) is 5.82 Å². The predicted octanol–water partition coefficient (Wildman–Crippen LogP) is 5.44. The van der Waals surface area contributed by atoms with Crippen molar-refractivity contribution < 1.29 is 22.7 Å². The summed E-state index contributed by atoms with van der Waals surface area (Å²) in [5.74, 6) is -0.668. The van der Waals surface area contributed by atoms with Gasteiger partial charge in [0.05, 0.1) is 15.6 Å². The molecular formula is C22H21Cl2F3N2O2. The number of hydrogen-bond donors (Lipinski definition) is 0. The molecule has 2 aliphatic rings. The normalized spacial score (nSPS) is 21.8. The molecule has 0 N–H and O–H groups in total. The van der Waals surface area contributed by atoms with E-state index < -0.39 is 12.4 Å². The van der Waals surface area contributed by atoms with Crippen molar-refractivity contribution in [1.82, 2.24) is 9.80 Å². The summed E-state index contributed by atoms with van der Waals surface area (Å²) < 4.78 is 43.0. The third-order valence-electron chi connectivity index (χ3n) is 6.02. The molecule has 0 bridgehead atoms. The van der Waals surface area contributed by atoms with Gasteiger partial charge in [-0.25, -0.2) is 4.39 Å².